The van der Waals surface area contributed by atoms with Crippen LogP contribution in [0.25, 0.3) is 0 Å². The van der Waals surface area contributed by atoms with E-state index in [0.29, 0.717) is 12.4 Å². The highest BCUT2D eigenvalue weighted by atomic mass is 35.7. The molecule has 106 valence electrons. The van der Waals surface area contributed by atoms with Crippen LogP contribution in [-0.4, -0.2) is 15.0 Å². The lowest BCUT2D eigenvalue weighted by Gasteiger charge is -2.14. The van der Waals surface area contributed by atoms with Crippen molar-refractivity contribution in [3.8, 4) is 5.75 Å². The predicted octanol–water partition coefficient (Wildman–Crippen LogP) is 4.08. The minimum Gasteiger partial charge on any atom is -0.489 e. The van der Waals surface area contributed by atoms with Gasteiger partial charge in [0.1, 0.15) is 12.4 Å². The Kier molecular flexibility index (Phi) is 5.44. The van der Waals surface area contributed by atoms with Gasteiger partial charge in [0.05, 0.1) is 4.90 Å². The van der Waals surface area contributed by atoms with Crippen LogP contribution in [0.1, 0.15) is 39.2 Å². The molecular formula is C14H19ClO3S. The van der Waals surface area contributed by atoms with Gasteiger partial charge in [0.25, 0.3) is 9.05 Å². The second kappa shape index (κ2) is 6.44. The molecule has 0 unspecified atom stereocenters. The van der Waals surface area contributed by atoms with Crippen LogP contribution in [0, 0.1) is 0 Å². The van der Waals surface area contributed by atoms with E-state index in [1.807, 2.05) is 33.8 Å². The van der Waals surface area contributed by atoms with Gasteiger partial charge < -0.3 is 4.74 Å². The smallest absolute Gasteiger partial charge is 0.261 e. The maximum atomic E-state index is 11.3. The minimum absolute atomic E-state index is 0.104. The zero-order valence-electron chi connectivity index (χ0n) is 11.6. The lowest BCUT2D eigenvalue weighted by molar-refractivity contribution is 0.356. The Morgan fingerprint density at radius 2 is 2.00 bits per heavy atom. The van der Waals surface area contributed by atoms with E-state index in [1.165, 1.54) is 11.6 Å². The molecule has 0 aromatic heterocycles. The molecule has 0 aliphatic heterocycles. The molecule has 1 aromatic carbocycles. The van der Waals surface area contributed by atoms with E-state index >= 15 is 0 Å². The van der Waals surface area contributed by atoms with Gasteiger partial charge in [0.15, 0.2) is 0 Å². The fourth-order valence-electron chi connectivity index (χ4n) is 1.56. The number of ether oxygens (including phenoxy) is 1. The van der Waals surface area contributed by atoms with Crippen molar-refractivity contribution in [2.24, 2.45) is 0 Å². The fourth-order valence-corrected chi connectivity index (χ4v) is 2.35. The summed E-state index contributed by atoms with van der Waals surface area (Å²) in [7, 11) is 1.65. The molecule has 1 aromatic rings. The molecule has 0 aliphatic rings. The first-order valence-corrected chi connectivity index (χ1v) is 8.37. The Balaban J connectivity index is 3.09. The largest absolute Gasteiger partial charge is 0.489 e. The number of hydrogen-bond donors (Lipinski definition) is 0. The lowest BCUT2D eigenvalue weighted by atomic mass is 10.0. The first kappa shape index (κ1) is 16.1. The fraction of sp³-hybridized carbons (Fsp3) is 0.429. The number of benzene rings is 1. The molecule has 1 rings (SSSR count). The van der Waals surface area contributed by atoms with E-state index in [0.717, 1.165) is 5.56 Å². The first-order valence-electron chi connectivity index (χ1n) is 6.06. The van der Waals surface area contributed by atoms with Crippen LogP contribution in [0.4, 0.5) is 0 Å². The van der Waals surface area contributed by atoms with Gasteiger partial charge in [-0.1, -0.05) is 19.4 Å². The van der Waals surface area contributed by atoms with E-state index in [1.54, 1.807) is 12.1 Å². The van der Waals surface area contributed by atoms with Crippen molar-refractivity contribution in [1.29, 1.82) is 0 Å². The zero-order valence-corrected chi connectivity index (χ0v) is 13.2. The zero-order chi connectivity index (χ0) is 14.6. The molecule has 0 spiro atoms. The van der Waals surface area contributed by atoms with Gasteiger partial charge in [-0.2, -0.15) is 0 Å². The average Bonchev–Trinajstić information content (AvgIpc) is 2.27. The van der Waals surface area contributed by atoms with Crippen LogP contribution in [0.2, 0.25) is 0 Å². The molecule has 0 atom stereocenters. The third kappa shape index (κ3) is 4.88. The summed E-state index contributed by atoms with van der Waals surface area (Å²) in [5.41, 5.74) is 2.01. The summed E-state index contributed by atoms with van der Waals surface area (Å²) >= 11 is 0. The molecule has 0 N–H and O–H groups in total. The van der Waals surface area contributed by atoms with Crippen molar-refractivity contribution in [3.63, 3.8) is 0 Å². The highest BCUT2D eigenvalue weighted by Gasteiger charge is 2.15. The van der Waals surface area contributed by atoms with Gasteiger partial charge in [-0.15, -0.1) is 0 Å². The third-order valence-corrected chi connectivity index (χ3v) is 3.97. The third-order valence-electron chi connectivity index (χ3n) is 2.62. The molecule has 0 saturated carbocycles. The number of hydrogen-bond acceptors (Lipinski definition) is 3. The summed E-state index contributed by atoms with van der Waals surface area (Å²) in [6, 6.07) is 4.69. The topological polar surface area (TPSA) is 43.4 Å². The highest BCUT2D eigenvalue weighted by Crippen LogP contribution is 2.30. The number of halogens is 1. The Hall–Kier alpha value is -1.00. The van der Waals surface area contributed by atoms with Crippen molar-refractivity contribution in [1.82, 2.24) is 0 Å². The monoisotopic (exact) mass is 302 g/mol. The van der Waals surface area contributed by atoms with E-state index in [4.69, 9.17) is 15.4 Å². The van der Waals surface area contributed by atoms with Crippen LogP contribution in [0.15, 0.2) is 34.7 Å². The molecule has 0 saturated heterocycles. The Morgan fingerprint density at radius 3 is 2.47 bits per heavy atom. The van der Waals surface area contributed by atoms with Crippen LogP contribution in [0.3, 0.4) is 0 Å². The molecule has 0 fully saturated rings. The van der Waals surface area contributed by atoms with Crippen LogP contribution >= 0.6 is 10.7 Å². The second-order valence-corrected chi connectivity index (χ2v) is 7.45. The Labute approximate surface area is 119 Å². The van der Waals surface area contributed by atoms with Crippen molar-refractivity contribution >= 4 is 19.7 Å². The van der Waals surface area contributed by atoms with E-state index < -0.39 is 9.05 Å². The maximum absolute atomic E-state index is 11.3. The Morgan fingerprint density at radius 1 is 1.37 bits per heavy atom. The van der Waals surface area contributed by atoms with Gasteiger partial charge >= 0.3 is 0 Å². The molecule has 0 bridgehead atoms. The summed E-state index contributed by atoms with van der Waals surface area (Å²) in [6.07, 6.45) is 1.97. The predicted molar refractivity (Wildman–Crippen MR) is 78.5 cm³/mol. The summed E-state index contributed by atoms with van der Waals surface area (Å²) < 4.78 is 28.3. The molecule has 19 heavy (non-hydrogen) atoms. The van der Waals surface area contributed by atoms with Crippen LogP contribution in [0.5, 0.6) is 5.75 Å². The standard InChI is InChI=1S/C14H19ClO3S/c1-10(2)7-8-18-14-6-5-12(19(15,16)17)9-13(14)11(3)4/h5-7,9,11H,8H2,1-4H3. The number of rotatable bonds is 5. The summed E-state index contributed by atoms with van der Waals surface area (Å²) in [4.78, 5) is 0.104. The number of allylic oxidation sites excluding steroid dienone is 1. The molecule has 0 heterocycles. The first-order chi connectivity index (χ1) is 8.71. The molecule has 0 amide bonds. The Bertz CT molecular complexity index is 570. The van der Waals surface area contributed by atoms with Gasteiger partial charge in [-0.05, 0) is 49.6 Å². The molecule has 5 heteroatoms. The summed E-state index contributed by atoms with van der Waals surface area (Å²) in [5, 5.41) is 0. The molecule has 0 radical (unpaired) electrons. The molecule has 3 nitrogen and oxygen atoms in total. The minimum atomic E-state index is -3.70. The van der Waals surface area contributed by atoms with Crippen molar-refractivity contribution < 1.29 is 13.2 Å². The molecule has 0 aliphatic carbocycles. The van der Waals surface area contributed by atoms with Crippen molar-refractivity contribution in [2.75, 3.05) is 6.61 Å². The van der Waals surface area contributed by atoms with Crippen LogP contribution in [-0.2, 0) is 9.05 Å². The second-order valence-electron chi connectivity index (χ2n) is 4.88. The van der Waals surface area contributed by atoms with Crippen molar-refractivity contribution in [2.45, 2.75) is 38.5 Å². The molecular weight excluding hydrogens is 284 g/mol. The normalized spacial score (nSPS) is 11.5. The SMILES string of the molecule is CC(C)=CCOc1ccc(S(=O)(=O)Cl)cc1C(C)C. The lowest BCUT2D eigenvalue weighted by Crippen LogP contribution is -2.01. The summed E-state index contributed by atoms with van der Waals surface area (Å²) in [6.45, 7) is 8.42. The highest BCUT2D eigenvalue weighted by molar-refractivity contribution is 8.13. The average molecular weight is 303 g/mol. The van der Waals surface area contributed by atoms with Gasteiger partial charge in [0, 0.05) is 10.7 Å². The van der Waals surface area contributed by atoms with E-state index in [-0.39, 0.29) is 10.8 Å². The van der Waals surface area contributed by atoms with Gasteiger partial charge in [-0.25, -0.2) is 8.42 Å². The summed E-state index contributed by atoms with van der Waals surface area (Å²) in [5.74, 6) is 0.844. The maximum Gasteiger partial charge on any atom is 0.261 e. The van der Waals surface area contributed by atoms with E-state index in [2.05, 4.69) is 0 Å². The van der Waals surface area contributed by atoms with E-state index in [9.17, 15) is 8.42 Å². The van der Waals surface area contributed by atoms with Crippen molar-refractivity contribution in [3.05, 3.63) is 35.4 Å². The van der Waals surface area contributed by atoms with Gasteiger partial charge in [-0.3, -0.25) is 0 Å². The van der Waals surface area contributed by atoms with Crippen LogP contribution < -0.4 is 4.74 Å². The quantitative estimate of drug-likeness (QED) is 0.608. The van der Waals surface area contributed by atoms with Gasteiger partial charge in [0.2, 0.25) is 0 Å².